The third-order valence-electron chi connectivity index (χ3n) is 10.6. The molecule has 4 heterocycles. The van der Waals surface area contributed by atoms with Crippen molar-refractivity contribution in [3.05, 3.63) is 83.9 Å². The minimum Gasteiger partial charge on any atom is -0.387 e. The number of hydrogen-bond donors (Lipinski definition) is 7. The van der Waals surface area contributed by atoms with Crippen molar-refractivity contribution in [2.45, 2.75) is 64.1 Å². The summed E-state index contributed by atoms with van der Waals surface area (Å²) in [5.41, 5.74) is 2.56. The Hall–Kier alpha value is -5.16. The number of urea groups is 1. The first-order chi connectivity index (χ1) is 27.1. The molecule has 2 saturated heterocycles. The van der Waals surface area contributed by atoms with Crippen LogP contribution in [0.1, 0.15) is 67.5 Å². The number of fused-ring (bicyclic) bond motifs is 1. The van der Waals surface area contributed by atoms with Crippen LogP contribution >= 0.6 is 0 Å². The highest BCUT2D eigenvalue weighted by molar-refractivity contribution is 5.94. The molecule has 7 N–H and O–H groups in total. The number of nitrogens with zero attached hydrogens (tertiary/aromatic N) is 5. The molecule has 16 heteroatoms. The van der Waals surface area contributed by atoms with Crippen LogP contribution in [0.25, 0.3) is 11.2 Å². The summed E-state index contributed by atoms with van der Waals surface area (Å²) in [5, 5.41) is 36.2. The van der Waals surface area contributed by atoms with E-state index < -0.39 is 36.4 Å². The summed E-state index contributed by atoms with van der Waals surface area (Å²) in [7, 11) is 0. The van der Waals surface area contributed by atoms with Gasteiger partial charge in [-0.25, -0.2) is 19.7 Å². The molecule has 300 valence electrons. The van der Waals surface area contributed by atoms with Crippen molar-refractivity contribution in [2.75, 3.05) is 57.7 Å². The van der Waals surface area contributed by atoms with Crippen LogP contribution in [-0.4, -0.2) is 123 Å². The lowest BCUT2D eigenvalue weighted by molar-refractivity contribution is -0.137. The molecule has 2 aliphatic heterocycles. The Morgan fingerprint density at radius 3 is 2.14 bits per heavy atom. The molecule has 4 atom stereocenters. The number of likely N-dealkylation sites (tertiary alicyclic amines) is 1. The van der Waals surface area contributed by atoms with E-state index in [1.807, 2.05) is 60.7 Å². The van der Waals surface area contributed by atoms with Gasteiger partial charge < -0.3 is 46.4 Å². The maximum atomic E-state index is 13.6. The zero-order valence-electron chi connectivity index (χ0n) is 32.2. The van der Waals surface area contributed by atoms with Crippen molar-refractivity contribution in [1.82, 2.24) is 45.7 Å². The van der Waals surface area contributed by atoms with Gasteiger partial charge in [-0.1, -0.05) is 74.5 Å². The fourth-order valence-electron chi connectivity index (χ4n) is 7.37. The third-order valence-corrected chi connectivity index (χ3v) is 10.6. The lowest BCUT2D eigenvalue weighted by atomic mass is 9.87. The highest BCUT2D eigenvalue weighted by Gasteiger charge is 2.47. The molecule has 2 fully saturated rings. The monoisotopic (exact) mass is 770 g/mol. The van der Waals surface area contributed by atoms with Gasteiger partial charge in [0.2, 0.25) is 5.82 Å². The van der Waals surface area contributed by atoms with E-state index in [0.29, 0.717) is 25.6 Å². The molecule has 0 bridgehead atoms. The maximum Gasteiger partial charge on any atom is 0.314 e. The lowest BCUT2D eigenvalue weighted by Crippen LogP contribution is -2.44. The van der Waals surface area contributed by atoms with Crippen LogP contribution in [0, 0.1) is 11.8 Å². The van der Waals surface area contributed by atoms with Crippen molar-refractivity contribution in [1.29, 1.82) is 0 Å². The summed E-state index contributed by atoms with van der Waals surface area (Å²) in [6.45, 7) is 10.6. The Bertz CT molecular complexity index is 1860. The van der Waals surface area contributed by atoms with Crippen LogP contribution in [0.2, 0.25) is 0 Å². The molecule has 0 spiro atoms. The summed E-state index contributed by atoms with van der Waals surface area (Å²) in [5.74, 6) is 0.250. The summed E-state index contributed by atoms with van der Waals surface area (Å²) in [4.78, 5) is 54.7. The Kier molecular flexibility index (Phi) is 13.8. The average molecular weight is 771 g/mol. The summed E-state index contributed by atoms with van der Waals surface area (Å²) in [6, 6.07) is 19.7. The van der Waals surface area contributed by atoms with Gasteiger partial charge in [0.1, 0.15) is 12.2 Å². The topological polar surface area (TPSA) is 208 Å². The first kappa shape index (κ1) is 40.5. The fourth-order valence-corrected chi connectivity index (χ4v) is 7.37. The number of carbonyl (C=O) groups is 3. The highest BCUT2D eigenvalue weighted by atomic mass is 16.6. The molecule has 0 radical (unpaired) electrons. The van der Waals surface area contributed by atoms with E-state index in [-0.39, 0.29) is 47.8 Å². The maximum absolute atomic E-state index is 13.6. The van der Waals surface area contributed by atoms with E-state index in [2.05, 4.69) is 60.3 Å². The van der Waals surface area contributed by atoms with Crippen LogP contribution in [0.3, 0.4) is 0 Å². The standard InChI is InChI=1S/C40H54N10O6/c1-4-41-37(53)33-31(51)32(52)39(56-33)50-24-46-30-34(45-23-29(27-11-7-5-8-12-27)28-13-9-6-10-14-28)47-35(48-36(30)50)38(54)42-17-18-43-40(55)44-19-22-49-20-15-26(16-21-49)25(2)3/h5-14,24-26,29,31-33,39,51-52H,4,15-23H2,1-3H3,(H,41,53)(H,42,54)(H2,43,44,55)(H,45,47,48)/t31-,32+,33-,39+/m0/s1. The summed E-state index contributed by atoms with van der Waals surface area (Å²) >= 11 is 0. The quantitative estimate of drug-likeness (QED) is 0.0823. The van der Waals surface area contributed by atoms with Gasteiger partial charge in [0.05, 0.1) is 6.33 Å². The lowest BCUT2D eigenvalue weighted by Gasteiger charge is -2.33. The van der Waals surface area contributed by atoms with Gasteiger partial charge in [0.15, 0.2) is 29.3 Å². The largest absolute Gasteiger partial charge is 0.387 e. The summed E-state index contributed by atoms with van der Waals surface area (Å²) < 4.78 is 7.25. The summed E-state index contributed by atoms with van der Waals surface area (Å²) in [6.07, 6.45) is -1.86. The molecule has 2 aliphatic rings. The van der Waals surface area contributed by atoms with Crippen LogP contribution in [-0.2, 0) is 9.53 Å². The predicted molar refractivity (Wildman–Crippen MR) is 211 cm³/mol. The number of piperidine rings is 1. The number of ether oxygens (including phenoxy) is 1. The second-order valence-corrected chi connectivity index (χ2v) is 14.7. The Morgan fingerprint density at radius 1 is 0.857 bits per heavy atom. The number of likely N-dealkylation sites (N-methyl/N-ethyl adjacent to an activating group) is 1. The Balaban J connectivity index is 1.15. The smallest absolute Gasteiger partial charge is 0.314 e. The first-order valence-electron chi connectivity index (χ1n) is 19.5. The molecule has 4 amide bonds. The predicted octanol–water partition coefficient (Wildman–Crippen LogP) is 2.22. The zero-order chi connectivity index (χ0) is 39.6. The fraction of sp³-hybridized carbons (Fsp3) is 0.500. The number of aromatic nitrogens is 4. The first-order valence-corrected chi connectivity index (χ1v) is 19.5. The van der Waals surface area contributed by atoms with Crippen molar-refractivity contribution < 1.29 is 29.3 Å². The number of nitrogens with one attached hydrogen (secondary N) is 5. The number of hydrogen-bond acceptors (Lipinski definition) is 11. The van der Waals surface area contributed by atoms with Crippen molar-refractivity contribution in [2.24, 2.45) is 11.8 Å². The van der Waals surface area contributed by atoms with Gasteiger partial charge in [0.25, 0.3) is 11.8 Å². The minimum absolute atomic E-state index is 0.0935. The number of carbonyl (C=O) groups excluding carboxylic acids is 3. The van der Waals surface area contributed by atoms with Gasteiger partial charge in [-0.3, -0.25) is 14.2 Å². The zero-order valence-corrected chi connectivity index (χ0v) is 32.2. The van der Waals surface area contributed by atoms with Crippen LogP contribution in [0.5, 0.6) is 0 Å². The molecular weight excluding hydrogens is 717 g/mol. The average Bonchev–Trinajstić information content (AvgIpc) is 3.77. The molecule has 2 aromatic heterocycles. The number of anilines is 1. The van der Waals surface area contributed by atoms with Gasteiger partial charge in [-0.2, -0.15) is 0 Å². The Morgan fingerprint density at radius 2 is 1.50 bits per heavy atom. The second-order valence-electron chi connectivity index (χ2n) is 14.7. The normalized spacial score (nSPS) is 20.3. The van der Waals surface area contributed by atoms with E-state index in [9.17, 15) is 24.6 Å². The van der Waals surface area contributed by atoms with Crippen molar-refractivity contribution >= 4 is 34.8 Å². The molecule has 4 aromatic rings. The van der Waals surface area contributed by atoms with E-state index in [4.69, 9.17) is 4.74 Å². The SMILES string of the molecule is CCNC(=O)[C@H]1O[C@@H](n2cnc3c(NCC(c4ccccc4)c4ccccc4)nc(C(=O)NCCNC(=O)NCCN4CCC(C(C)C)CC4)nc32)[C@H](O)[C@@H]1O. The van der Waals surface area contributed by atoms with Crippen molar-refractivity contribution in [3.8, 4) is 0 Å². The van der Waals surface area contributed by atoms with E-state index in [0.717, 1.165) is 36.7 Å². The van der Waals surface area contributed by atoms with E-state index in [1.165, 1.54) is 23.7 Å². The van der Waals surface area contributed by atoms with Crippen molar-refractivity contribution in [3.63, 3.8) is 0 Å². The van der Waals surface area contributed by atoms with E-state index in [1.54, 1.807) is 6.92 Å². The van der Waals surface area contributed by atoms with Gasteiger partial charge in [-0.05, 0) is 55.8 Å². The molecule has 16 nitrogen and oxygen atoms in total. The number of rotatable bonds is 16. The number of benzene rings is 2. The van der Waals surface area contributed by atoms with Crippen LogP contribution in [0.4, 0.5) is 10.6 Å². The number of amides is 4. The third kappa shape index (κ3) is 9.79. The van der Waals surface area contributed by atoms with E-state index >= 15 is 0 Å². The highest BCUT2D eigenvalue weighted by Crippen LogP contribution is 2.33. The van der Waals surface area contributed by atoms with Crippen LogP contribution < -0.4 is 26.6 Å². The number of aliphatic hydroxyl groups excluding tert-OH is 2. The molecule has 0 saturated carbocycles. The van der Waals surface area contributed by atoms with Gasteiger partial charge >= 0.3 is 6.03 Å². The molecular formula is C40H54N10O6. The molecule has 0 aliphatic carbocycles. The molecule has 0 unspecified atom stereocenters. The van der Waals surface area contributed by atoms with Crippen LogP contribution in [0.15, 0.2) is 67.0 Å². The molecule has 6 rings (SSSR count). The number of aliphatic hydroxyl groups is 2. The number of imidazole rings is 1. The molecule has 56 heavy (non-hydrogen) atoms. The van der Waals surface area contributed by atoms with Gasteiger partial charge in [-0.15, -0.1) is 0 Å². The minimum atomic E-state index is -1.52. The molecule has 2 aromatic carbocycles. The van der Waals surface area contributed by atoms with Gasteiger partial charge in [0, 0.05) is 45.2 Å². The Labute approximate surface area is 326 Å². The second kappa shape index (κ2) is 19.1.